The van der Waals surface area contributed by atoms with E-state index in [9.17, 15) is 10.2 Å². The van der Waals surface area contributed by atoms with Crippen LogP contribution in [0.2, 0.25) is 0 Å². The van der Waals surface area contributed by atoms with Crippen LogP contribution in [0.3, 0.4) is 0 Å². The van der Waals surface area contributed by atoms with Crippen LogP contribution >= 0.6 is 0 Å². The first-order chi connectivity index (χ1) is 5.49. The molecule has 0 bridgehead atoms. The topological polar surface area (TPSA) is 66.5 Å². The molecule has 4 N–H and O–H groups in total. The van der Waals surface area contributed by atoms with E-state index in [4.69, 9.17) is 5.73 Å². The third-order valence-electron chi connectivity index (χ3n) is 2.22. The van der Waals surface area contributed by atoms with E-state index in [2.05, 4.69) is 0 Å². The Morgan fingerprint density at radius 1 is 1.17 bits per heavy atom. The van der Waals surface area contributed by atoms with Crippen LogP contribution in [-0.4, -0.2) is 28.5 Å². The highest BCUT2D eigenvalue weighted by Crippen LogP contribution is 2.10. The first-order valence-corrected chi connectivity index (χ1v) is 4.60. The molecule has 12 heavy (non-hydrogen) atoms. The van der Waals surface area contributed by atoms with Crippen LogP contribution in [0.5, 0.6) is 0 Å². The SMILES string of the molecule is CC[C@H](N)[C@@H](O)C[C@@H](O)C(C)C. The Kier molecular flexibility index (Phi) is 5.46. The Morgan fingerprint density at radius 3 is 2.00 bits per heavy atom. The molecule has 0 aromatic heterocycles. The fourth-order valence-corrected chi connectivity index (χ4v) is 0.966. The summed E-state index contributed by atoms with van der Waals surface area (Å²) in [6, 6.07) is -0.210. The minimum Gasteiger partial charge on any atom is -0.393 e. The van der Waals surface area contributed by atoms with Crippen molar-refractivity contribution in [2.45, 2.75) is 51.9 Å². The van der Waals surface area contributed by atoms with Gasteiger partial charge in [0.05, 0.1) is 12.2 Å². The number of nitrogens with two attached hydrogens (primary N) is 1. The van der Waals surface area contributed by atoms with Crippen molar-refractivity contribution < 1.29 is 10.2 Å². The van der Waals surface area contributed by atoms with Gasteiger partial charge in [-0.25, -0.2) is 0 Å². The summed E-state index contributed by atoms with van der Waals surface area (Å²) >= 11 is 0. The third-order valence-corrected chi connectivity index (χ3v) is 2.22. The summed E-state index contributed by atoms with van der Waals surface area (Å²) in [7, 11) is 0. The normalized spacial score (nSPS) is 19.2. The summed E-state index contributed by atoms with van der Waals surface area (Å²) < 4.78 is 0. The molecule has 3 nitrogen and oxygen atoms in total. The standard InChI is InChI=1S/C9H21NO2/c1-4-7(10)9(12)5-8(11)6(2)3/h6-9,11-12H,4-5,10H2,1-3H3/t7-,8+,9-/m0/s1. The molecule has 0 saturated heterocycles. The first kappa shape index (κ1) is 11.9. The third kappa shape index (κ3) is 4.04. The van der Waals surface area contributed by atoms with Gasteiger partial charge < -0.3 is 15.9 Å². The summed E-state index contributed by atoms with van der Waals surface area (Å²) in [5.74, 6) is 0.184. The number of aliphatic hydroxyl groups excluding tert-OH is 2. The van der Waals surface area contributed by atoms with Crippen molar-refractivity contribution in [3.63, 3.8) is 0 Å². The van der Waals surface area contributed by atoms with Crippen LogP contribution in [-0.2, 0) is 0 Å². The van der Waals surface area contributed by atoms with E-state index in [1.54, 1.807) is 0 Å². The average molecular weight is 175 g/mol. The molecule has 0 radical (unpaired) electrons. The molecule has 0 rings (SSSR count). The molecule has 3 atom stereocenters. The van der Waals surface area contributed by atoms with Crippen molar-refractivity contribution in [3.8, 4) is 0 Å². The van der Waals surface area contributed by atoms with Crippen molar-refractivity contribution in [1.82, 2.24) is 0 Å². The second-order valence-electron chi connectivity index (χ2n) is 3.69. The smallest absolute Gasteiger partial charge is 0.0715 e. The second kappa shape index (κ2) is 5.51. The highest BCUT2D eigenvalue weighted by molar-refractivity contribution is 4.74. The lowest BCUT2D eigenvalue weighted by Crippen LogP contribution is -2.37. The molecule has 0 aliphatic carbocycles. The van der Waals surface area contributed by atoms with Gasteiger partial charge in [0.15, 0.2) is 0 Å². The highest BCUT2D eigenvalue weighted by atomic mass is 16.3. The Bertz CT molecular complexity index is 117. The van der Waals surface area contributed by atoms with Gasteiger partial charge in [0.25, 0.3) is 0 Å². The maximum atomic E-state index is 9.45. The van der Waals surface area contributed by atoms with Crippen LogP contribution < -0.4 is 5.73 Å². The lowest BCUT2D eigenvalue weighted by Gasteiger charge is -2.22. The highest BCUT2D eigenvalue weighted by Gasteiger charge is 2.19. The molecule has 74 valence electrons. The molecule has 0 aromatic rings. The molecule has 0 aromatic carbocycles. The molecule has 3 heteroatoms. The predicted molar refractivity (Wildman–Crippen MR) is 49.7 cm³/mol. The van der Waals surface area contributed by atoms with Crippen molar-refractivity contribution in [1.29, 1.82) is 0 Å². The van der Waals surface area contributed by atoms with E-state index < -0.39 is 12.2 Å². The van der Waals surface area contributed by atoms with Crippen molar-refractivity contribution in [2.75, 3.05) is 0 Å². The zero-order valence-corrected chi connectivity index (χ0v) is 8.20. The van der Waals surface area contributed by atoms with Gasteiger partial charge in [0, 0.05) is 12.5 Å². The van der Waals surface area contributed by atoms with E-state index in [1.165, 1.54) is 0 Å². The molecule has 0 fully saturated rings. The molecule has 0 saturated carbocycles. The largest absolute Gasteiger partial charge is 0.393 e. The van der Waals surface area contributed by atoms with Crippen LogP contribution in [0.15, 0.2) is 0 Å². The lowest BCUT2D eigenvalue weighted by atomic mass is 9.97. The molecular weight excluding hydrogens is 154 g/mol. The van der Waals surface area contributed by atoms with Crippen molar-refractivity contribution in [3.05, 3.63) is 0 Å². The Hall–Kier alpha value is -0.120. The van der Waals surface area contributed by atoms with E-state index in [0.717, 1.165) is 6.42 Å². The molecule has 0 heterocycles. The fraction of sp³-hybridized carbons (Fsp3) is 1.00. The van der Waals surface area contributed by atoms with Gasteiger partial charge in [-0.1, -0.05) is 20.8 Å². The van der Waals surface area contributed by atoms with Gasteiger partial charge in [-0.3, -0.25) is 0 Å². The zero-order chi connectivity index (χ0) is 9.72. The number of hydrogen-bond donors (Lipinski definition) is 3. The molecule has 0 amide bonds. The second-order valence-corrected chi connectivity index (χ2v) is 3.69. The number of aliphatic hydroxyl groups is 2. The van der Waals surface area contributed by atoms with Gasteiger partial charge in [0.1, 0.15) is 0 Å². The van der Waals surface area contributed by atoms with Gasteiger partial charge in [0.2, 0.25) is 0 Å². The summed E-state index contributed by atoms with van der Waals surface area (Å²) in [4.78, 5) is 0. The predicted octanol–water partition coefficient (Wildman–Crippen LogP) is 0.492. The zero-order valence-electron chi connectivity index (χ0n) is 8.20. The monoisotopic (exact) mass is 175 g/mol. The Balaban J connectivity index is 3.75. The first-order valence-electron chi connectivity index (χ1n) is 4.60. The van der Waals surface area contributed by atoms with Crippen LogP contribution in [0.25, 0.3) is 0 Å². The van der Waals surface area contributed by atoms with Crippen LogP contribution in [0, 0.1) is 5.92 Å². The van der Waals surface area contributed by atoms with Gasteiger partial charge in [-0.05, 0) is 12.3 Å². The van der Waals surface area contributed by atoms with E-state index in [0.29, 0.717) is 6.42 Å². The van der Waals surface area contributed by atoms with E-state index in [1.807, 2.05) is 20.8 Å². The summed E-state index contributed by atoms with van der Waals surface area (Å²) in [6.45, 7) is 5.78. The maximum Gasteiger partial charge on any atom is 0.0715 e. The fourth-order valence-electron chi connectivity index (χ4n) is 0.966. The molecule has 0 aliphatic heterocycles. The average Bonchev–Trinajstić information content (AvgIpc) is 2.02. The summed E-state index contributed by atoms with van der Waals surface area (Å²) in [6.07, 6.45) is 0.101. The molecule has 0 aliphatic rings. The Labute approximate surface area is 74.6 Å². The van der Waals surface area contributed by atoms with Crippen molar-refractivity contribution in [2.24, 2.45) is 11.7 Å². The van der Waals surface area contributed by atoms with Gasteiger partial charge in [-0.15, -0.1) is 0 Å². The Morgan fingerprint density at radius 2 is 1.67 bits per heavy atom. The summed E-state index contributed by atoms with van der Waals surface area (Å²) in [5.41, 5.74) is 5.60. The maximum absolute atomic E-state index is 9.45. The number of hydrogen-bond acceptors (Lipinski definition) is 3. The molecular formula is C9H21NO2. The molecule has 0 spiro atoms. The van der Waals surface area contributed by atoms with Crippen molar-refractivity contribution >= 4 is 0 Å². The minimum atomic E-state index is -0.576. The number of rotatable bonds is 5. The van der Waals surface area contributed by atoms with Gasteiger partial charge in [-0.2, -0.15) is 0 Å². The van der Waals surface area contributed by atoms with Gasteiger partial charge >= 0.3 is 0 Å². The van der Waals surface area contributed by atoms with E-state index in [-0.39, 0.29) is 12.0 Å². The summed E-state index contributed by atoms with van der Waals surface area (Å²) in [5, 5.41) is 18.9. The van der Waals surface area contributed by atoms with Crippen LogP contribution in [0.4, 0.5) is 0 Å². The van der Waals surface area contributed by atoms with E-state index >= 15 is 0 Å². The van der Waals surface area contributed by atoms with Crippen LogP contribution in [0.1, 0.15) is 33.6 Å². The quantitative estimate of drug-likeness (QED) is 0.570. The minimum absolute atomic E-state index is 0.184. The lowest BCUT2D eigenvalue weighted by molar-refractivity contribution is 0.0413. The molecule has 0 unspecified atom stereocenters.